The molecule has 0 radical (unpaired) electrons. The SMILES string of the molecule is CC/C=C\CCCC/C=C\C/C=C/C=C\CCCCCC(C)(C)[C@@H](OC(=O)c1cccnc1)C(=O)NCCC(=O)NCCSSCCNC(=O)c1ccccc1OC(=O)c1ccccc1O. The molecule has 0 fully saturated rings. The molecular formula is C52H68N4O8S2. The van der Waals surface area contributed by atoms with E-state index in [0.717, 1.165) is 44.9 Å². The standard InChI is InChI=1S/C52H68N4O8S2/c1-4-5-6-7-8-9-10-11-12-13-14-15-16-17-18-19-20-25-33-52(2,3)47(64-50(61)41-27-26-34-53-40-41)49(60)55-35-32-46(58)54-36-38-65-66-39-37-56-48(59)43-29-22-24-31-45(43)63-51(62)42-28-21-23-30-44(42)57/h5-6,11-12,14-17,21-24,26-31,34,40,47,57H,4,7-10,13,18-20,25,32-33,35-39H2,1-3H3,(H,54,58)(H,55,60)(H,56,59)/b6-5-,12-11-,15-14+,17-16-/t47-/m0/s1. The maximum absolute atomic E-state index is 13.5. The molecule has 0 aliphatic rings. The smallest absolute Gasteiger partial charge is 0.347 e. The summed E-state index contributed by atoms with van der Waals surface area (Å²) in [4.78, 5) is 68.7. The van der Waals surface area contributed by atoms with Gasteiger partial charge in [0.1, 0.15) is 17.1 Å². The van der Waals surface area contributed by atoms with Crippen molar-refractivity contribution >= 4 is 51.2 Å². The van der Waals surface area contributed by atoms with Crippen LogP contribution in [0.5, 0.6) is 11.5 Å². The van der Waals surface area contributed by atoms with Crippen LogP contribution in [0.25, 0.3) is 0 Å². The van der Waals surface area contributed by atoms with E-state index in [4.69, 9.17) is 9.47 Å². The van der Waals surface area contributed by atoms with Gasteiger partial charge in [0.25, 0.3) is 11.8 Å². The molecule has 0 unspecified atom stereocenters. The number of nitrogens with zero attached hydrogens (tertiary/aromatic N) is 1. The van der Waals surface area contributed by atoms with Crippen molar-refractivity contribution in [3.8, 4) is 11.5 Å². The molecule has 3 amide bonds. The van der Waals surface area contributed by atoms with E-state index in [2.05, 4.69) is 76.5 Å². The van der Waals surface area contributed by atoms with Gasteiger partial charge in [-0.1, -0.05) is 128 Å². The number of hydrogen-bond acceptors (Lipinski definition) is 11. The molecule has 14 heteroatoms. The Morgan fingerprint density at radius 1 is 0.712 bits per heavy atom. The molecule has 0 bridgehead atoms. The van der Waals surface area contributed by atoms with Gasteiger partial charge in [-0.05, 0) is 94.2 Å². The van der Waals surface area contributed by atoms with Crippen molar-refractivity contribution in [3.63, 3.8) is 0 Å². The number of pyridine rings is 1. The van der Waals surface area contributed by atoms with E-state index in [1.807, 2.05) is 13.8 Å². The molecular weight excluding hydrogens is 873 g/mol. The number of esters is 2. The lowest BCUT2D eigenvalue weighted by molar-refractivity contribution is -0.136. The van der Waals surface area contributed by atoms with Gasteiger partial charge >= 0.3 is 11.9 Å². The van der Waals surface area contributed by atoms with Gasteiger partial charge < -0.3 is 30.5 Å². The van der Waals surface area contributed by atoms with Crippen LogP contribution in [-0.4, -0.2) is 77.0 Å². The van der Waals surface area contributed by atoms with E-state index in [0.29, 0.717) is 31.0 Å². The van der Waals surface area contributed by atoms with Crippen molar-refractivity contribution in [2.24, 2.45) is 5.41 Å². The monoisotopic (exact) mass is 940 g/mol. The molecule has 1 aromatic heterocycles. The first kappa shape index (κ1) is 54.7. The van der Waals surface area contributed by atoms with Gasteiger partial charge in [-0.2, -0.15) is 0 Å². The van der Waals surface area contributed by atoms with Crippen molar-refractivity contribution in [2.45, 2.75) is 104 Å². The lowest BCUT2D eigenvalue weighted by Gasteiger charge is -2.33. The fourth-order valence-electron chi connectivity index (χ4n) is 6.49. The summed E-state index contributed by atoms with van der Waals surface area (Å²) in [5, 5.41) is 18.5. The second-order valence-electron chi connectivity index (χ2n) is 16.0. The predicted molar refractivity (Wildman–Crippen MR) is 268 cm³/mol. The fraction of sp³-hybridized carbons (Fsp3) is 0.423. The lowest BCUT2D eigenvalue weighted by Crippen LogP contribution is -2.47. The molecule has 356 valence electrons. The molecule has 2 aromatic carbocycles. The third kappa shape index (κ3) is 22.5. The quantitative estimate of drug-likeness (QED) is 0.0117. The fourth-order valence-corrected chi connectivity index (χ4v) is 8.30. The molecule has 1 atom stereocenters. The predicted octanol–water partition coefficient (Wildman–Crippen LogP) is 10.5. The van der Waals surface area contributed by atoms with Crippen LogP contribution in [0.4, 0.5) is 0 Å². The minimum absolute atomic E-state index is 0.00867. The first-order chi connectivity index (χ1) is 32.0. The van der Waals surface area contributed by atoms with Gasteiger partial charge in [-0.15, -0.1) is 0 Å². The Morgan fingerprint density at radius 2 is 1.38 bits per heavy atom. The molecule has 0 saturated heterocycles. The van der Waals surface area contributed by atoms with E-state index in [9.17, 15) is 29.1 Å². The van der Waals surface area contributed by atoms with Crippen molar-refractivity contribution < 1.29 is 38.6 Å². The van der Waals surface area contributed by atoms with Gasteiger partial charge in [-0.3, -0.25) is 19.4 Å². The number of aromatic nitrogens is 1. The van der Waals surface area contributed by atoms with E-state index in [1.165, 1.54) is 65.2 Å². The number of ether oxygens (including phenoxy) is 2. The maximum Gasteiger partial charge on any atom is 0.347 e. The minimum atomic E-state index is -1.07. The summed E-state index contributed by atoms with van der Waals surface area (Å²) < 4.78 is 11.2. The Bertz CT molecular complexity index is 2050. The number of amides is 3. The number of hydrogen-bond donors (Lipinski definition) is 4. The van der Waals surface area contributed by atoms with Gasteiger partial charge in [0.05, 0.1) is 11.1 Å². The average Bonchev–Trinajstić information content (AvgIpc) is 3.31. The molecule has 66 heavy (non-hydrogen) atoms. The van der Waals surface area contributed by atoms with Crippen LogP contribution in [0, 0.1) is 5.41 Å². The first-order valence-electron chi connectivity index (χ1n) is 22.9. The third-order valence-corrected chi connectivity index (χ3v) is 12.6. The molecule has 0 saturated carbocycles. The van der Waals surface area contributed by atoms with Gasteiger partial charge in [0.15, 0.2) is 6.10 Å². The average molecular weight is 941 g/mol. The van der Waals surface area contributed by atoms with Gasteiger partial charge in [-0.25, -0.2) is 9.59 Å². The topological polar surface area (TPSA) is 173 Å². The summed E-state index contributed by atoms with van der Waals surface area (Å²) in [6.07, 6.45) is 30.7. The van der Waals surface area contributed by atoms with Crippen molar-refractivity contribution in [2.75, 3.05) is 31.1 Å². The molecule has 1 heterocycles. The molecule has 3 aromatic rings. The first-order valence-corrected chi connectivity index (χ1v) is 25.4. The number of benzene rings is 2. The molecule has 0 spiro atoms. The van der Waals surface area contributed by atoms with Crippen molar-refractivity contribution in [3.05, 3.63) is 138 Å². The van der Waals surface area contributed by atoms with Crippen LogP contribution in [-0.2, 0) is 14.3 Å². The number of phenols is 1. The Morgan fingerprint density at radius 3 is 2.11 bits per heavy atom. The van der Waals surface area contributed by atoms with Crippen LogP contribution in [0.1, 0.15) is 129 Å². The Balaban J connectivity index is 1.32. The second kappa shape index (κ2) is 33.0. The number of para-hydroxylation sites is 2. The maximum atomic E-state index is 13.5. The molecule has 12 nitrogen and oxygen atoms in total. The molecule has 4 N–H and O–H groups in total. The number of carbonyl (C=O) groups is 5. The third-order valence-electron chi connectivity index (χ3n) is 10.1. The van der Waals surface area contributed by atoms with Crippen LogP contribution in [0.2, 0.25) is 0 Å². The highest BCUT2D eigenvalue weighted by Gasteiger charge is 2.38. The minimum Gasteiger partial charge on any atom is -0.507 e. The number of rotatable bonds is 32. The Hall–Kier alpha value is -5.60. The van der Waals surface area contributed by atoms with E-state index in [-0.39, 0.29) is 47.1 Å². The van der Waals surface area contributed by atoms with E-state index in [1.54, 1.807) is 48.7 Å². The number of phenolic OH excluding ortho intramolecular Hbond substituents is 1. The summed E-state index contributed by atoms with van der Waals surface area (Å²) in [6, 6.07) is 15.6. The van der Waals surface area contributed by atoms with Gasteiger partial charge in [0, 0.05) is 55.4 Å². The summed E-state index contributed by atoms with van der Waals surface area (Å²) >= 11 is 0. The van der Waals surface area contributed by atoms with Crippen molar-refractivity contribution in [1.82, 2.24) is 20.9 Å². The number of carbonyl (C=O) groups excluding carboxylic acids is 5. The highest BCUT2D eigenvalue weighted by Crippen LogP contribution is 2.31. The van der Waals surface area contributed by atoms with Crippen LogP contribution < -0.4 is 20.7 Å². The normalized spacial score (nSPS) is 12.2. The zero-order valence-electron chi connectivity index (χ0n) is 38.7. The number of allylic oxidation sites excluding steroid dienone is 8. The zero-order valence-corrected chi connectivity index (χ0v) is 40.3. The summed E-state index contributed by atoms with van der Waals surface area (Å²) in [5.74, 6) is -1.43. The van der Waals surface area contributed by atoms with Gasteiger partial charge in [0.2, 0.25) is 5.91 Å². The van der Waals surface area contributed by atoms with E-state index >= 15 is 0 Å². The lowest BCUT2D eigenvalue weighted by atomic mass is 9.80. The molecule has 0 aliphatic carbocycles. The van der Waals surface area contributed by atoms with Crippen molar-refractivity contribution in [1.29, 1.82) is 0 Å². The number of nitrogens with one attached hydrogen (secondary N) is 3. The Kier molecular flexibility index (Phi) is 27.3. The van der Waals surface area contributed by atoms with Crippen LogP contribution in [0.3, 0.4) is 0 Å². The second-order valence-corrected chi connectivity index (χ2v) is 18.7. The highest BCUT2D eigenvalue weighted by molar-refractivity contribution is 8.76. The zero-order chi connectivity index (χ0) is 47.7. The van der Waals surface area contributed by atoms with Crippen LogP contribution in [0.15, 0.2) is 122 Å². The van der Waals surface area contributed by atoms with E-state index < -0.39 is 35.3 Å². The number of unbranched alkanes of at least 4 members (excludes halogenated alkanes) is 6. The van der Waals surface area contributed by atoms with Crippen LogP contribution >= 0.6 is 21.6 Å². The summed E-state index contributed by atoms with van der Waals surface area (Å²) in [7, 11) is 3.07. The Labute approximate surface area is 399 Å². The molecule has 3 rings (SSSR count). The summed E-state index contributed by atoms with van der Waals surface area (Å²) in [6.45, 7) is 6.85. The largest absolute Gasteiger partial charge is 0.507 e. The number of aromatic hydroxyl groups is 1. The summed E-state index contributed by atoms with van der Waals surface area (Å²) in [5.41, 5.74) is -0.242. The molecule has 0 aliphatic heterocycles. The highest BCUT2D eigenvalue weighted by atomic mass is 33.1.